The summed E-state index contributed by atoms with van der Waals surface area (Å²) < 4.78 is 5.36. The van der Waals surface area contributed by atoms with Gasteiger partial charge in [0.2, 0.25) is 5.76 Å². The predicted molar refractivity (Wildman–Crippen MR) is 65.5 cm³/mol. The van der Waals surface area contributed by atoms with E-state index in [1.54, 1.807) is 13.0 Å². The van der Waals surface area contributed by atoms with E-state index < -0.39 is 5.97 Å². The smallest absolute Gasteiger partial charge is 0.372 e. The van der Waals surface area contributed by atoms with Gasteiger partial charge < -0.3 is 14.6 Å². The van der Waals surface area contributed by atoms with Crippen LogP contribution in [0.2, 0.25) is 0 Å². The summed E-state index contributed by atoms with van der Waals surface area (Å²) in [5, 5.41) is 17.9. The Bertz CT molecular complexity index is 427. The van der Waals surface area contributed by atoms with Crippen molar-refractivity contribution in [2.75, 3.05) is 13.2 Å². The molecule has 1 aliphatic rings. The third kappa shape index (κ3) is 2.73. The highest BCUT2D eigenvalue weighted by molar-refractivity contribution is 5.86. The number of likely N-dealkylation sites (tertiary alicyclic amines) is 1. The van der Waals surface area contributed by atoms with Gasteiger partial charge in [-0.1, -0.05) is 0 Å². The fourth-order valence-corrected chi connectivity index (χ4v) is 2.62. The van der Waals surface area contributed by atoms with E-state index in [1.807, 2.05) is 0 Å². The lowest BCUT2D eigenvalue weighted by Crippen LogP contribution is -2.29. The van der Waals surface area contributed by atoms with Crippen LogP contribution in [0.5, 0.6) is 0 Å². The van der Waals surface area contributed by atoms with Crippen molar-refractivity contribution in [1.82, 2.24) is 4.90 Å². The summed E-state index contributed by atoms with van der Waals surface area (Å²) >= 11 is 0. The molecule has 0 spiro atoms. The van der Waals surface area contributed by atoms with Crippen LogP contribution < -0.4 is 0 Å². The Morgan fingerprint density at radius 3 is 3.00 bits per heavy atom. The van der Waals surface area contributed by atoms with Gasteiger partial charge in [-0.15, -0.1) is 0 Å². The molecule has 1 unspecified atom stereocenters. The van der Waals surface area contributed by atoms with Crippen LogP contribution in [0.3, 0.4) is 0 Å². The molecule has 2 rings (SSSR count). The minimum Gasteiger partial charge on any atom is -0.475 e. The van der Waals surface area contributed by atoms with Gasteiger partial charge in [0, 0.05) is 18.2 Å². The number of aromatic carboxylic acids is 1. The topological polar surface area (TPSA) is 73.9 Å². The zero-order valence-electron chi connectivity index (χ0n) is 10.6. The van der Waals surface area contributed by atoms with Crippen LogP contribution in [0.15, 0.2) is 10.5 Å². The average molecular weight is 253 g/mol. The van der Waals surface area contributed by atoms with Crippen molar-refractivity contribution in [3.8, 4) is 0 Å². The summed E-state index contributed by atoms with van der Waals surface area (Å²) in [6.45, 7) is 3.54. The van der Waals surface area contributed by atoms with E-state index in [0.29, 0.717) is 23.9 Å². The number of carboxylic acid groups (broad SMARTS) is 1. The number of aliphatic hydroxyl groups excluding tert-OH is 1. The molecule has 1 aromatic heterocycles. The van der Waals surface area contributed by atoms with Gasteiger partial charge in [-0.25, -0.2) is 4.79 Å². The molecule has 0 aliphatic carbocycles. The van der Waals surface area contributed by atoms with Crippen LogP contribution >= 0.6 is 0 Å². The molecular formula is C13H19NO4. The number of rotatable bonds is 5. The second-order valence-corrected chi connectivity index (χ2v) is 4.81. The first kappa shape index (κ1) is 13.1. The highest BCUT2D eigenvalue weighted by Crippen LogP contribution is 2.24. The molecule has 1 atom stereocenters. The van der Waals surface area contributed by atoms with E-state index in [9.17, 15) is 4.79 Å². The second kappa shape index (κ2) is 5.54. The van der Waals surface area contributed by atoms with Crippen molar-refractivity contribution in [1.29, 1.82) is 0 Å². The summed E-state index contributed by atoms with van der Waals surface area (Å²) in [6, 6.07) is 2.17. The van der Waals surface area contributed by atoms with Crippen molar-refractivity contribution < 1.29 is 19.4 Å². The molecule has 1 aliphatic heterocycles. The minimum atomic E-state index is -1.02. The summed E-state index contributed by atoms with van der Waals surface area (Å²) in [6.07, 6.45) is 2.98. The van der Waals surface area contributed by atoms with Gasteiger partial charge in [0.25, 0.3) is 0 Å². The van der Waals surface area contributed by atoms with Crippen molar-refractivity contribution in [3.63, 3.8) is 0 Å². The SMILES string of the molecule is Cc1cc(CN2CCCC2CCO)oc1C(=O)O. The van der Waals surface area contributed by atoms with Crippen LogP contribution in [-0.2, 0) is 6.54 Å². The highest BCUT2D eigenvalue weighted by atomic mass is 16.4. The number of hydrogen-bond acceptors (Lipinski definition) is 4. The van der Waals surface area contributed by atoms with E-state index in [-0.39, 0.29) is 12.4 Å². The standard InChI is InChI=1S/C13H19NO4/c1-9-7-11(18-12(9)13(16)17)8-14-5-2-3-10(14)4-6-15/h7,10,15H,2-6,8H2,1H3,(H,16,17). The number of hydrogen-bond donors (Lipinski definition) is 2. The summed E-state index contributed by atoms with van der Waals surface area (Å²) in [4.78, 5) is 13.1. The molecule has 2 heterocycles. The number of aryl methyl sites for hydroxylation is 1. The largest absolute Gasteiger partial charge is 0.475 e. The second-order valence-electron chi connectivity index (χ2n) is 4.81. The van der Waals surface area contributed by atoms with E-state index >= 15 is 0 Å². The Balaban J connectivity index is 2.04. The van der Waals surface area contributed by atoms with Gasteiger partial charge in [-0.3, -0.25) is 4.90 Å². The lowest BCUT2D eigenvalue weighted by atomic mass is 10.1. The maximum atomic E-state index is 10.9. The number of furan rings is 1. The quantitative estimate of drug-likeness (QED) is 0.834. The summed E-state index contributed by atoms with van der Waals surface area (Å²) in [5.41, 5.74) is 0.662. The maximum absolute atomic E-state index is 10.9. The maximum Gasteiger partial charge on any atom is 0.372 e. The first-order chi connectivity index (χ1) is 8.61. The van der Waals surface area contributed by atoms with Crippen molar-refractivity contribution >= 4 is 5.97 Å². The van der Waals surface area contributed by atoms with E-state index in [0.717, 1.165) is 25.8 Å². The van der Waals surface area contributed by atoms with E-state index in [2.05, 4.69) is 4.90 Å². The molecule has 18 heavy (non-hydrogen) atoms. The van der Waals surface area contributed by atoms with Crippen LogP contribution in [-0.4, -0.2) is 40.3 Å². The molecular weight excluding hydrogens is 234 g/mol. The molecule has 1 aromatic rings. The molecule has 1 saturated heterocycles. The van der Waals surface area contributed by atoms with Gasteiger partial charge in [-0.05, 0) is 38.8 Å². The van der Waals surface area contributed by atoms with E-state index in [4.69, 9.17) is 14.6 Å². The highest BCUT2D eigenvalue weighted by Gasteiger charge is 2.25. The predicted octanol–water partition coefficient (Wildman–Crippen LogP) is 1.63. The molecule has 100 valence electrons. The van der Waals surface area contributed by atoms with Gasteiger partial charge in [0.05, 0.1) is 6.54 Å². The number of carboxylic acids is 1. The Hall–Kier alpha value is -1.33. The first-order valence-corrected chi connectivity index (χ1v) is 6.29. The van der Waals surface area contributed by atoms with Gasteiger partial charge >= 0.3 is 5.97 Å². The molecule has 0 radical (unpaired) electrons. The average Bonchev–Trinajstić information content (AvgIpc) is 2.87. The zero-order valence-corrected chi connectivity index (χ0v) is 10.6. The fraction of sp³-hybridized carbons (Fsp3) is 0.615. The molecule has 0 amide bonds. The van der Waals surface area contributed by atoms with Gasteiger partial charge in [0.15, 0.2) is 0 Å². The van der Waals surface area contributed by atoms with Gasteiger partial charge in [-0.2, -0.15) is 0 Å². The van der Waals surface area contributed by atoms with Crippen molar-refractivity contribution in [3.05, 3.63) is 23.2 Å². The molecule has 5 nitrogen and oxygen atoms in total. The minimum absolute atomic E-state index is 0.0305. The van der Waals surface area contributed by atoms with Gasteiger partial charge in [0.1, 0.15) is 5.76 Å². The van der Waals surface area contributed by atoms with Crippen LogP contribution in [0.4, 0.5) is 0 Å². The summed E-state index contributed by atoms with van der Waals surface area (Å²) in [7, 11) is 0. The fourth-order valence-electron chi connectivity index (χ4n) is 2.62. The third-order valence-corrected chi connectivity index (χ3v) is 3.48. The molecule has 0 saturated carbocycles. The Morgan fingerprint density at radius 1 is 1.61 bits per heavy atom. The van der Waals surface area contributed by atoms with Crippen molar-refractivity contribution in [2.45, 2.75) is 38.8 Å². The van der Waals surface area contributed by atoms with Crippen LogP contribution in [0.1, 0.15) is 41.1 Å². The molecule has 5 heteroatoms. The molecule has 2 N–H and O–H groups in total. The monoisotopic (exact) mass is 253 g/mol. The lowest BCUT2D eigenvalue weighted by molar-refractivity contribution is 0.0656. The molecule has 1 fully saturated rings. The Morgan fingerprint density at radius 2 is 2.39 bits per heavy atom. The number of aliphatic hydroxyl groups is 1. The van der Waals surface area contributed by atoms with Crippen LogP contribution in [0.25, 0.3) is 0 Å². The Labute approximate surface area is 106 Å². The Kier molecular flexibility index (Phi) is 4.04. The first-order valence-electron chi connectivity index (χ1n) is 6.29. The number of nitrogens with zero attached hydrogens (tertiary/aromatic N) is 1. The van der Waals surface area contributed by atoms with Crippen molar-refractivity contribution in [2.24, 2.45) is 0 Å². The molecule has 0 bridgehead atoms. The normalized spacial score (nSPS) is 20.4. The molecule has 0 aromatic carbocycles. The van der Waals surface area contributed by atoms with Crippen LogP contribution in [0, 0.1) is 6.92 Å². The zero-order chi connectivity index (χ0) is 13.1. The third-order valence-electron chi connectivity index (χ3n) is 3.48. The summed E-state index contributed by atoms with van der Waals surface area (Å²) in [5.74, 6) is -0.301. The number of carbonyl (C=O) groups is 1. The van der Waals surface area contributed by atoms with E-state index in [1.165, 1.54) is 0 Å². The lowest BCUT2D eigenvalue weighted by Gasteiger charge is -2.22.